The Labute approximate surface area is 94.3 Å². The summed E-state index contributed by atoms with van der Waals surface area (Å²) in [5, 5.41) is 12.1. The lowest BCUT2D eigenvalue weighted by Crippen LogP contribution is -2.44. The average molecular weight is 229 g/mol. The molecule has 0 aromatic heterocycles. The monoisotopic (exact) mass is 229 g/mol. The standard InChI is InChI=1S/C12H17F2NO/c1-8(15-12(2,3)7-16)9-5-4-6-10(13)11(9)14/h4-6,8,15-16H,7H2,1-3H3. The second-order valence-electron chi connectivity index (χ2n) is 4.55. The second kappa shape index (κ2) is 4.89. The molecule has 2 N–H and O–H groups in total. The van der Waals surface area contributed by atoms with Gasteiger partial charge in [0.05, 0.1) is 6.61 Å². The van der Waals surface area contributed by atoms with Gasteiger partial charge in [-0.2, -0.15) is 0 Å². The van der Waals surface area contributed by atoms with Crippen LogP contribution >= 0.6 is 0 Å². The number of aliphatic hydroxyl groups excluding tert-OH is 1. The van der Waals surface area contributed by atoms with Crippen LogP contribution in [-0.2, 0) is 0 Å². The number of hydrogen-bond donors (Lipinski definition) is 2. The number of rotatable bonds is 4. The highest BCUT2D eigenvalue weighted by atomic mass is 19.2. The lowest BCUT2D eigenvalue weighted by Gasteiger charge is -2.28. The number of halogens is 2. The van der Waals surface area contributed by atoms with Gasteiger partial charge in [0.15, 0.2) is 11.6 Å². The molecule has 0 saturated heterocycles. The predicted molar refractivity (Wildman–Crippen MR) is 59.1 cm³/mol. The van der Waals surface area contributed by atoms with E-state index in [4.69, 9.17) is 5.11 Å². The van der Waals surface area contributed by atoms with E-state index in [1.165, 1.54) is 12.1 Å². The zero-order valence-electron chi connectivity index (χ0n) is 9.72. The minimum Gasteiger partial charge on any atom is -0.394 e. The van der Waals surface area contributed by atoms with E-state index in [2.05, 4.69) is 5.32 Å². The molecule has 1 atom stereocenters. The first-order valence-electron chi connectivity index (χ1n) is 5.20. The highest BCUT2D eigenvalue weighted by Crippen LogP contribution is 2.21. The molecular weight excluding hydrogens is 212 g/mol. The van der Waals surface area contributed by atoms with Gasteiger partial charge in [0, 0.05) is 17.1 Å². The molecule has 90 valence electrons. The molecule has 0 radical (unpaired) electrons. The molecule has 0 saturated carbocycles. The Morgan fingerprint density at radius 1 is 1.38 bits per heavy atom. The smallest absolute Gasteiger partial charge is 0.163 e. The molecule has 1 aromatic rings. The van der Waals surface area contributed by atoms with Crippen LogP contribution in [0, 0.1) is 11.6 Å². The first kappa shape index (κ1) is 13.1. The topological polar surface area (TPSA) is 32.3 Å². The van der Waals surface area contributed by atoms with Gasteiger partial charge in [-0.3, -0.25) is 0 Å². The fourth-order valence-electron chi connectivity index (χ4n) is 1.56. The van der Waals surface area contributed by atoms with Gasteiger partial charge in [0.2, 0.25) is 0 Å². The summed E-state index contributed by atoms with van der Waals surface area (Å²) in [6, 6.07) is 3.72. The Morgan fingerprint density at radius 2 is 2.00 bits per heavy atom. The Hall–Kier alpha value is -1.00. The Kier molecular flexibility index (Phi) is 3.99. The van der Waals surface area contributed by atoms with Gasteiger partial charge in [0.25, 0.3) is 0 Å². The molecule has 1 unspecified atom stereocenters. The van der Waals surface area contributed by atoms with Crippen LogP contribution in [0.5, 0.6) is 0 Å². The second-order valence-corrected chi connectivity index (χ2v) is 4.55. The van der Waals surface area contributed by atoms with Crippen LogP contribution in [0.15, 0.2) is 18.2 Å². The molecule has 0 amide bonds. The summed E-state index contributed by atoms with van der Waals surface area (Å²) in [4.78, 5) is 0. The summed E-state index contributed by atoms with van der Waals surface area (Å²) in [5.41, 5.74) is -0.264. The van der Waals surface area contributed by atoms with Crippen molar-refractivity contribution >= 4 is 0 Å². The van der Waals surface area contributed by atoms with Crippen molar-refractivity contribution in [2.75, 3.05) is 6.61 Å². The third kappa shape index (κ3) is 3.00. The Bertz CT molecular complexity index is 366. The molecule has 0 spiro atoms. The van der Waals surface area contributed by atoms with Gasteiger partial charge in [-0.05, 0) is 26.8 Å². The molecule has 16 heavy (non-hydrogen) atoms. The highest BCUT2D eigenvalue weighted by molar-refractivity contribution is 5.22. The normalized spacial score (nSPS) is 13.9. The van der Waals surface area contributed by atoms with Crippen LogP contribution in [0.3, 0.4) is 0 Å². The number of hydrogen-bond acceptors (Lipinski definition) is 2. The first-order chi connectivity index (χ1) is 7.37. The predicted octanol–water partition coefficient (Wildman–Crippen LogP) is 2.39. The third-order valence-corrected chi connectivity index (χ3v) is 2.45. The lowest BCUT2D eigenvalue weighted by molar-refractivity contribution is 0.177. The van der Waals surface area contributed by atoms with E-state index < -0.39 is 17.2 Å². The van der Waals surface area contributed by atoms with Crippen LogP contribution in [-0.4, -0.2) is 17.3 Å². The molecule has 0 aliphatic rings. The number of benzene rings is 1. The summed E-state index contributed by atoms with van der Waals surface area (Å²) in [7, 11) is 0. The van der Waals surface area contributed by atoms with Gasteiger partial charge in [-0.1, -0.05) is 12.1 Å². The maximum absolute atomic E-state index is 13.5. The Morgan fingerprint density at radius 3 is 2.56 bits per heavy atom. The van der Waals surface area contributed by atoms with Crippen molar-refractivity contribution in [3.8, 4) is 0 Å². The minimum atomic E-state index is -0.854. The number of aliphatic hydroxyl groups is 1. The maximum Gasteiger partial charge on any atom is 0.163 e. The fraction of sp³-hybridized carbons (Fsp3) is 0.500. The van der Waals surface area contributed by atoms with Crippen molar-refractivity contribution in [2.45, 2.75) is 32.4 Å². The molecule has 0 fully saturated rings. The minimum absolute atomic E-state index is 0.0751. The van der Waals surface area contributed by atoms with Crippen LogP contribution in [0.1, 0.15) is 32.4 Å². The average Bonchev–Trinajstić information content (AvgIpc) is 2.21. The van der Waals surface area contributed by atoms with Crippen molar-refractivity contribution in [1.82, 2.24) is 5.32 Å². The van der Waals surface area contributed by atoms with Gasteiger partial charge >= 0.3 is 0 Å². The molecule has 0 bridgehead atoms. The summed E-state index contributed by atoms with van der Waals surface area (Å²) in [6.45, 7) is 5.24. The molecule has 0 heterocycles. The SMILES string of the molecule is CC(NC(C)(C)CO)c1cccc(F)c1F. The molecule has 0 aliphatic carbocycles. The van der Waals surface area contributed by atoms with E-state index in [-0.39, 0.29) is 18.2 Å². The van der Waals surface area contributed by atoms with E-state index in [9.17, 15) is 8.78 Å². The van der Waals surface area contributed by atoms with Crippen LogP contribution in [0.25, 0.3) is 0 Å². The van der Waals surface area contributed by atoms with E-state index in [1.54, 1.807) is 20.8 Å². The van der Waals surface area contributed by atoms with Gasteiger partial charge < -0.3 is 10.4 Å². The fourth-order valence-corrected chi connectivity index (χ4v) is 1.56. The van der Waals surface area contributed by atoms with Crippen LogP contribution < -0.4 is 5.32 Å². The largest absolute Gasteiger partial charge is 0.394 e. The van der Waals surface area contributed by atoms with E-state index in [0.29, 0.717) is 0 Å². The summed E-state index contributed by atoms with van der Waals surface area (Å²) in [5.74, 6) is -1.69. The van der Waals surface area contributed by atoms with E-state index in [0.717, 1.165) is 6.07 Å². The van der Waals surface area contributed by atoms with Crippen molar-refractivity contribution in [3.63, 3.8) is 0 Å². The summed E-state index contributed by atoms with van der Waals surface area (Å²) < 4.78 is 26.5. The molecule has 1 aromatic carbocycles. The lowest BCUT2D eigenvalue weighted by atomic mass is 10.0. The quantitative estimate of drug-likeness (QED) is 0.830. The zero-order chi connectivity index (χ0) is 12.3. The molecule has 1 rings (SSSR count). The van der Waals surface area contributed by atoms with Gasteiger partial charge in [-0.25, -0.2) is 8.78 Å². The molecular formula is C12H17F2NO. The maximum atomic E-state index is 13.5. The van der Waals surface area contributed by atoms with Crippen molar-refractivity contribution in [1.29, 1.82) is 0 Å². The van der Waals surface area contributed by atoms with Crippen LogP contribution in [0.2, 0.25) is 0 Å². The first-order valence-corrected chi connectivity index (χ1v) is 5.20. The van der Waals surface area contributed by atoms with E-state index in [1.807, 2.05) is 0 Å². The van der Waals surface area contributed by atoms with E-state index >= 15 is 0 Å². The van der Waals surface area contributed by atoms with Crippen molar-refractivity contribution in [3.05, 3.63) is 35.4 Å². The Balaban J connectivity index is 2.89. The highest BCUT2D eigenvalue weighted by Gasteiger charge is 2.22. The van der Waals surface area contributed by atoms with Crippen LogP contribution in [0.4, 0.5) is 8.78 Å². The summed E-state index contributed by atoms with van der Waals surface area (Å²) >= 11 is 0. The zero-order valence-corrected chi connectivity index (χ0v) is 9.72. The van der Waals surface area contributed by atoms with Crippen molar-refractivity contribution in [2.24, 2.45) is 0 Å². The van der Waals surface area contributed by atoms with Crippen molar-refractivity contribution < 1.29 is 13.9 Å². The molecule has 4 heteroatoms. The van der Waals surface area contributed by atoms with Gasteiger partial charge in [-0.15, -0.1) is 0 Å². The molecule has 0 aliphatic heterocycles. The van der Waals surface area contributed by atoms with Gasteiger partial charge in [0.1, 0.15) is 0 Å². The molecule has 2 nitrogen and oxygen atoms in total. The number of nitrogens with one attached hydrogen (secondary N) is 1. The summed E-state index contributed by atoms with van der Waals surface area (Å²) in [6.07, 6.45) is 0. The third-order valence-electron chi connectivity index (χ3n) is 2.45.